The molecule has 1 rings (SSSR count). The van der Waals surface area contributed by atoms with Crippen LogP contribution in [-0.2, 0) is 4.79 Å². The van der Waals surface area contributed by atoms with Gasteiger partial charge in [-0.3, -0.25) is 4.79 Å². The molecular formula is C16H25NO3. The van der Waals surface area contributed by atoms with E-state index in [1.807, 2.05) is 44.2 Å². The smallest absolute Gasteiger partial charge is 0.263 e. The number of likely N-dealkylation sites (N-methyl/N-ethyl adjacent to an activating group) is 1. The highest BCUT2D eigenvalue weighted by atomic mass is 16.5. The highest BCUT2D eigenvalue weighted by Crippen LogP contribution is 2.15. The van der Waals surface area contributed by atoms with Crippen molar-refractivity contribution < 1.29 is 14.6 Å². The van der Waals surface area contributed by atoms with Crippen molar-refractivity contribution in [1.29, 1.82) is 0 Å². The van der Waals surface area contributed by atoms with Crippen LogP contribution in [0.25, 0.3) is 0 Å². The lowest BCUT2D eigenvalue weighted by molar-refractivity contribution is -0.141. The van der Waals surface area contributed by atoms with Crippen molar-refractivity contribution in [2.75, 3.05) is 13.1 Å². The predicted octanol–water partition coefficient (Wildman–Crippen LogP) is 2.46. The molecule has 0 aliphatic carbocycles. The van der Waals surface area contributed by atoms with E-state index in [2.05, 4.69) is 0 Å². The van der Waals surface area contributed by atoms with Crippen molar-refractivity contribution in [3.05, 3.63) is 30.3 Å². The van der Waals surface area contributed by atoms with Crippen LogP contribution in [0, 0.1) is 0 Å². The molecule has 112 valence electrons. The monoisotopic (exact) mass is 279 g/mol. The van der Waals surface area contributed by atoms with Crippen LogP contribution in [0.15, 0.2) is 30.3 Å². The van der Waals surface area contributed by atoms with E-state index in [0.29, 0.717) is 25.3 Å². The topological polar surface area (TPSA) is 49.8 Å². The van der Waals surface area contributed by atoms with Gasteiger partial charge >= 0.3 is 0 Å². The van der Waals surface area contributed by atoms with Crippen LogP contribution in [0.5, 0.6) is 5.75 Å². The molecule has 0 saturated heterocycles. The molecule has 20 heavy (non-hydrogen) atoms. The van der Waals surface area contributed by atoms with Crippen LogP contribution in [0.4, 0.5) is 0 Å². The lowest BCUT2D eigenvalue weighted by atomic mass is 10.1. The minimum absolute atomic E-state index is 0.0824. The summed E-state index contributed by atoms with van der Waals surface area (Å²) in [5, 5.41) is 9.88. The lowest BCUT2D eigenvalue weighted by Crippen LogP contribution is -2.47. The summed E-state index contributed by atoms with van der Waals surface area (Å²) in [5.41, 5.74) is -0.906. The highest BCUT2D eigenvalue weighted by molar-refractivity contribution is 5.81. The number of ether oxygens (including phenoxy) is 1. The average molecular weight is 279 g/mol. The molecule has 1 amide bonds. The summed E-state index contributed by atoms with van der Waals surface area (Å²) in [6.45, 7) is 8.07. The van der Waals surface area contributed by atoms with Crippen LogP contribution >= 0.6 is 0 Å². The molecule has 1 aromatic rings. The summed E-state index contributed by atoms with van der Waals surface area (Å²) >= 11 is 0. The number of aliphatic hydroxyl groups is 1. The van der Waals surface area contributed by atoms with Crippen LogP contribution in [0.2, 0.25) is 0 Å². The van der Waals surface area contributed by atoms with Gasteiger partial charge in [-0.25, -0.2) is 0 Å². The van der Waals surface area contributed by atoms with Gasteiger partial charge in [0.25, 0.3) is 5.91 Å². The normalized spacial score (nSPS) is 12.8. The molecule has 4 nitrogen and oxygen atoms in total. The maximum Gasteiger partial charge on any atom is 0.263 e. The first-order valence-electron chi connectivity index (χ1n) is 7.10. The zero-order valence-electron chi connectivity index (χ0n) is 12.8. The number of amides is 1. The lowest BCUT2D eigenvalue weighted by Gasteiger charge is -2.31. The molecule has 0 heterocycles. The largest absolute Gasteiger partial charge is 0.481 e. The van der Waals surface area contributed by atoms with E-state index in [-0.39, 0.29) is 5.91 Å². The Morgan fingerprint density at radius 1 is 1.30 bits per heavy atom. The van der Waals surface area contributed by atoms with E-state index < -0.39 is 11.7 Å². The summed E-state index contributed by atoms with van der Waals surface area (Å²) in [7, 11) is 0. The standard InChI is InChI=1S/C16H25NO3/c1-5-14(20-13-10-8-7-9-11-13)15(18)17(6-2)12-16(3,4)19/h7-11,14,19H,5-6,12H2,1-4H3. The van der Waals surface area contributed by atoms with Gasteiger partial charge in [-0.2, -0.15) is 0 Å². The number of carbonyl (C=O) groups excluding carboxylic acids is 1. The second-order valence-electron chi connectivity index (χ2n) is 5.49. The third-order valence-electron chi connectivity index (χ3n) is 2.94. The molecule has 4 heteroatoms. The quantitative estimate of drug-likeness (QED) is 0.834. The summed E-state index contributed by atoms with van der Waals surface area (Å²) in [6.07, 6.45) is 0.0792. The van der Waals surface area contributed by atoms with E-state index in [1.54, 1.807) is 18.7 Å². The van der Waals surface area contributed by atoms with Crippen molar-refractivity contribution in [3.8, 4) is 5.75 Å². The summed E-state index contributed by atoms with van der Waals surface area (Å²) in [4.78, 5) is 14.1. The van der Waals surface area contributed by atoms with E-state index in [1.165, 1.54) is 0 Å². The van der Waals surface area contributed by atoms with Gasteiger partial charge in [0.1, 0.15) is 5.75 Å². The van der Waals surface area contributed by atoms with Crippen molar-refractivity contribution in [2.45, 2.75) is 45.8 Å². The molecule has 1 N–H and O–H groups in total. The SMILES string of the molecule is CCC(Oc1ccccc1)C(=O)N(CC)CC(C)(C)O. The van der Waals surface area contributed by atoms with Crippen molar-refractivity contribution in [2.24, 2.45) is 0 Å². The van der Waals surface area contributed by atoms with Gasteiger partial charge in [-0.1, -0.05) is 25.1 Å². The highest BCUT2D eigenvalue weighted by Gasteiger charge is 2.27. The Kier molecular flexibility index (Phi) is 6.02. The number of para-hydroxylation sites is 1. The molecule has 1 atom stereocenters. The fourth-order valence-corrected chi connectivity index (χ4v) is 1.99. The van der Waals surface area contributed by atoms with Gasteiger partial charge in [0.2, 0.25) is 0 Å². The third-order valence-corrected chi connectivity index (χ3v) is 2.94. The van der Waals surface area contributed by atoms with Gasteiger partial charge in [0.15, 0.2) is 6.10 Å². The minimum Gasteiger partial charge on any atom is -0.481 e. The van der Waals surface area contributed by atoms with Gasteiger partial charge < -0.3 is 14.7 Å². The third kappa shape index (κ3) is 5.21. The maximum atomic E-state index is 12.5. The van der Waals surface area contributed by atoms with Gasteiger partial charge in [0.05, 0.1) is 5.60 Å². The first kappa shape index (κ1) is 16.5. The molecule has 0 bridgehead atoms. The molecule has 1 unspecified atom stereocenters. The Morgan fingerprint density at radius 2 is 1.90 bits per heavy atom. The Morgan fingerprint density at radius 3 is 2.35 bits per heavy atom. The minimum atomic E-state index is -0.906. The van der Waals surface area contributed by atoms with E-state index in [4.69, 9.17) is 4.74 Å². The Labute approximate surface area is 121 Å². The van der Waals surface area contributed by atoms with Crippen molar-refractivity contribution >= 4 is 5.91 Å². The van der Waals surface area contributed by atoms with Crippen molar-refractivity contribution in [1.82, 2.24) is 4.90 Å². The van der Waals surface area contributed by atoms with E-state index >= 15 is 0 Å². The second-order valence-corrected chi connectivity index (χ2v) is 5.49. The van der Waals surface area contributed by atoms with E-state index in [9.17, 15) is 9.90 Å². The van der Waals surface area contributed by atoms with Crippen molar-refractivity contribution in [3.63, 3.8) is 0 Å². The molecular weight excluding hydrogens is 254 g/mol. The predicted molar refractivity (Wildman–Crippen MR) is 79.7 cm³/mol. The molecule has 0 radical (unpaired) electrons. The summed E-state index contributed by atoms with van der Waals surface area (Å²) in [5.74, 6) is 0.605. The van der Waals surface area contributed by atoms with Gasteiger partial charge in [0, 0.05) is 13.1 Å². The second kappa shape index (κ2) is 7.29. The maximum absolute atomic E-state index is 12.5. The summed E-state index contributed by atoms with van der Waals surface area (Å²) < 4.78 is 5.75. The average Bonchev–Trinajstić information content (AvgIpc) is 2.41. The van der Waals surface area contributed by atoms with Crippen LogP contribution < -0.4 is 4.74 Å². The first-order chi connectivity index (χ1) is 9.37. The number of nitrogens with zero attached hydrogens (tertiary/aromatic N) is 1. The zero-order valence-corrected chi connectivity index (χ0v) is 12.8. The molecule has 0 saturated carbocycles. The van der Waals surface area contributed by atoms with Crippen LogP contribution in [-0.4, -0.2) is 40.7 Å². The molecule has 0 fully saturated rings. The molecule has 1 aromatic carbocycles. The molecule has 0 aliphatic rings. The number of hydrogen-bond acceptors (Lipinski definition) is 3. The number of benzene rings is 1. The Balaban J connectivity index is 2.74. The zero-order chi connectivity index (χ0) is 15.2. The number of hydrogen-bond donors (Lipinski definition) is 1. The summed E-state index contributed by atoms with van der Waals surface area (Å²) in [6, 6.07) is 9.33. The Hall–Kier alpha value is -1.55. The van der Waals surface area contributed by atoms with Gasteiger partial charge in [-0.05, 0) is 39.3 Å². The Bertz CT molecular complexity index is 411. The fraction of sp³-hybridized carbons (Fsp3) is 0.562. The molecule has 0 spiro atoms. The number of rotatable bonds is 7. The van der Waals surface area contributed by atoms with Gasteiger partial charge in [-0.15, -0.1) is 0 Å². The first-order valence-corrected chi connectivity index (χ1v) is 7.10. The fourth-order valence-electron chi connectivity index (χ4n) is 1.99. The van der Waals surface area contributed by atoms with E-state index in [0.717, 1.165) is 0 Å². The number of carbonyl (C=O) groups is 1. The molecule has 0 aliphatic heterocycles. The van der Waals surface area contributed by atoms with Crippen LogP contribution in [0.3, 0.4) is 0 Å². The van der Waals surface area contributed by atoms with Crippen LogP contribution in [0.1, 0.15) is 34.1 Å². The molecule has 0 aromatic heterocycles.